The maximum atomic E-state index is 10.7. The second-order valence-electron chi connectivity index (χ2n) is 4.91. The summed E-state index contributed by atoms with van der Waals surface area (Å²) in [7, 11) is 0. The van der Waals surface area contributed by atoms with E-state index >= 15 is 0 Å². The summed E-state index contributed by atoms with van der Waals surface area (Å²) >= 11 is 0. The number of nitro benzene ring substituents is 1. The van der Waals surface area contributed by atoms with Gasteiger partial charge in [-0.3, -0.25) is 10.1 Å². The molecule has 5 heteroatoms. The van der Waals surface area contributed by atoms with Gasteiger partial charge in [0.2, 0.25) is 0 Å². The maximum Gasteiger partial charge on any atom is 0.269 e. The first-order valence-corrected chi connectivity index (χ1v) is 6.78. The molecule has 0 bridgehead atoms. The van der Waals surface area contributed by atoms with Gasteiger partial charge < -0.3 is 10.4 Å². The zero-order valence-electron chi connectivity index (χ0n) is 11.8. The number of nitro groups is 1. The molecule has 0 saturated carbocycles. The van der Waals surface area contributed by atoms with Gasteiger partial charge in [-0.2, -0.15) is 0 Å². The molecule has 2 aromatic carbocycles. The fourth-order valence-corrected chi connectivity index (χ4v) is 2.11. The summed E-state index contributed by atoms with van der Waals surface area (Å²) in [6, 6.07) is 16.1. The molecule has 0 aromatic heterocycles. The molecule has 0 radical (unpaired) electrons. The maximum absolute atomic E-state index is 10.7. The standard InChI is InChI=1S/C16H18N2O3/c1-12(13-6-3-2-4-7-13)17-11-16(19)14-8-5-9-15(10-14)18(20)21/h2-10,12,16-17,19H,11H2,1H3/t12-,16?/m0/s1. The van der Waals surface area contributed by atoms with Crippen molar-refractivity contribution in [3.8, 4) is 0 Å². The zero-order valence-corrected chi connectivity index (χ0v) is 11.8. The van der Waals surface area contributed by atoms with E-state index in [9.17, 15) is 15.2 Å². The van der Waals surface area contributed by atoms with E-state index in [1.165, 1.54) is 12.1 Å². The highest BCUT2D eigenvalue weighted by atomic mass is 16.6. The van der Waals surface area contributed by atoms with Crippen LogP contribution in [-0.4, -0.2) is 16.6 Å². The van der Waals surface area contributed by atoms with Crippen LogP contribution in [-0.2, 0) is 0 Å². The number of non-ortho nitro benzene ring substituents is 1. The van der Waals surface area contributed by atoms with E-state index in [-0.39, 0.29) is 11.7 Å². The molecule has 2 N–H and O–H groups in total. The van der Waals surface area contributed by atoms with Gasteiger partial charge in [-0.25, -0.2) is 0 Å². The summed E-state index contributed by atoms with van der Waals surface area (Å²) < 4.78 is 0. The third-order valence-corrected chi connectivity index (χ3v) is 3.38. The molecule has 1 unspecified atom stereocenters. The summed E-state index contributed by atoms with van der Waals surface area (Å²) in [6.07, 6.45) is -0.781. The first-order valence-electron chi connectivity index (χ1n) is 6.78. The molecule has 2 rings (SSSR count). The summed E-state index contributed by atoms with van der Waals surface area (Å²) in [6.45, 7) is 2.34. The summed E-state index contributed by atoms with van der Waals surface area (Å²) in [4.78, 5) is 10.3. The Morgan fingerprint density at radius 2 is 1.81 bits per heavy atom. The predicted molar refractivity (Wildman–Crippen MR) is 80.9 cm³/mol. The average Bonchev–Trinajstić information content (AvgIpc) is 2.53. The zero-order chi connectivity index (χ0) is 15.2. The van der Waals surface area contributed by atoms with Crippen molar-refractivity contribution in [2.24, 2.45) is 0 Å². The van der Waals surface area contributed by atoms with Gasteiger partial charge in [-0.05, 0) is 18.1 Å². The Kier molecular flexibility index (Phi) is 5.03. The lowest BCUT2D eigenvalue weighted by atomic mass is 10.1. The topological polar surface area (TPSA) is 75.4 Å². The molecule has 0 fully saturated rings. The molecule has 0 aliphatic rings. The highest BCUT2D eigenvalue weighted by Gasteiger charge is 2.13. The number of hydrogen-bond acceptors (Lipinski definition) is 4. The highest BCUT2D eigenvalue weighted by molar-refractivity contribution is 5.35. The molecule has 0 amide bonds. The van der Waals surface area contributed by atoms with Crippen LogP contribution in [0.3, 0.4) is 0 Å². The van der Waals surface area contributed by atoms with Crippen LogP contribution in [0.1, 0.15) is 30.2 Å². The predicted octanol–water partition coefficient (Wildman–Crippen LogP) is 2.98. The van der Waals surface area contributed by atoms with Crippen molar-refractivity contribution in [3.05, 3.63) is 75.8 Å². The summed E-state index contributed by atoms with van der Waals surface area (Å²) in [5.41, 5.74) is 1.66. The van der Waals surface area contributed by atoms with Gasteiger partial charge in [0.1, 0.15) is 0 Å². The number of benzene rings is 2. The first-order chi connectivity index (χ1) is 10.1. The minimum atomic E-state index is -0.781. The Morgan fingerprint density at radius 1 is 1.14 bits per heavy atom. The van der Waals surface area contributed by atoms with Gasteiger partial charge in [-0.15, -0.1) is 0 Å². The van der Waals surface area contributed by atoms with Crippen molar-refractivity contribution < 1.29 is 10.0 Å². The summed E-state index contributed by atoms with van der Waals surface area (Å²) in [5.74, 6) is 0. The average molecular weight is 286 g/mol. The second kappa shape index (κ2) is 6.97. The van der Waals surface area contributed by atoms with E-state index in [1.54, 1.807) is 12.1 Å². The Hall–Kier alpha value is -2.24. The van der Waals surface area contributed by atoms with Crippen molar-refractivity contribution in [1.29, 1.82) is 0 Å². The molecule has 0 saturated heterocycles. The minimum absolute atomic E-state index is 0.0114. The Morgan fingerprint density at radius 3 is 2.48 bits per heavy atom. The van der Waals surface area contributed by atoms with Crippen molar-refractivity contribution in [3.63, 3.8) is 0 Å². The third kappa shape index (κ3) is 4.11. The largest absolute Gasteiger partial charge is 0.387 e. The number of hydrogen-bond donors (Lipinski definition) is 2. The SMILES string of the molecule is C[C@H](NCC(O)c1cccc([N+](=O)[O-])c1)c1ccccc1. The van der Waals surface area contributed by atoms with Crippen molar-refractivity contribution >= 4 is 5.69 Å². The lowest BCUT2D eigenvalue weighted by Gasteiger charge is -2.17. The van der Waals surface area contributed by atoms with Gasteiger partial charge in [0.05, 0.1) is 11.0 Å². The smallest absolute Gasteiger partial charge is 0.269 e. The number of nitrogens with one attached hydrogen (secondary N) is 1. The van der Waals surface area contributed by atoms with Gasteiger partial charge in [0, 0.05) is 24.7 Å². The van der Waals surface area contributed by atoms with Crippen LogP contribution in [0.2, 0.25) is 0 Å². The molecule has 0 spiro atoms. The van der Waals surface area contributed by atoms with Crippen LogP contribution in [0.5, 0.6) is 0 Å². The Balaban J connectivity index is 1.97. The highest BCUT2D eigenvalue weighted by Crippen LogP contribution is 2.20. The third-order valence-electron chi connectivity index (χ3n) is 3.38. The summed E-state index contributed by atoms with van der Waals surface area (Å²) in [5, 5.41) is 24.1. The van der Waals surface area contributed by atoms with Crippen LogP contribution in [0.4, 0.5) is 5.69 Å². The van der Waals surface area contributed by atoms with E-state index in [2.05, 4.69) is 5.32 Å². The fraction of sp³-hybridized carbons (Fsp3) is 0.250. The fourth-order valence-electron chi connectivity index (χ4n) is 2.11. The van der Waals surface area contributed by atoms with E-state index in [4.69, 9.17) is 0 Å². The molecule has 0 heterocycles. The van der Waals surface area contributed by atoms with Crippen molar-refractivity contribution in [2.75, 3.05) is 6.54 Å². The Labute approximate surface area is 123 Å². The van der Waals surface area contributed by atoms with Crippen LogP contribution in [0.15, 0.2) is 54.6 Å². The van der Waals surface area contributed by atoms with Gasteiger partial charge in [0.25, 0.3) is 5.69 Å². The minimum Gasteiger partial charge on any atom is -0.387 e. The molecular formula is C16H18N2O3. The molecule has 2 atom stereocenters. The lowest BCUT2D eigenvalue weighted by molar-refractivity contribution is -0.385. The van der Waals surface area contributed by atoms with E-state index in [1.807, 2.05) is 37.3 Å². The number of aliphatic hydroxyl groups is 1. The van der Waals surface area contributed by atoms with Crippen LogP contribution >= 0.6 is 0 Å². The molecule has 5 nitrogen and oxygen atoms in total. The van der Waals surface area contributed by atoms with Crippen molar-refractivity contribution in [1.82, 2.24) is 5.32 Å². The number of nitrogens with zero attached hydrogens (tertiary/aromatic N) is 1. The number of aliphatic hydroxyl groups excluding tert-OH is 1. The quantitative estimate of drug-likeness (QED) is 0.632. The van der Waals surface area contributed by atoms with Gasteiger partial charge in [-0.1, -0.05) is 42.5 Å². The normalized spacial score (nSPS) is 13.6. The Bertz CT molecular complexity index is 601. The van der Waals surface area contributed by atoms with E-state index in [0.717, 1.165) is 5.56 Å². The molecule has 110 valence electrons. The second-order valence-corrected chi connectivity index (χ2v) is 4.91. The molecule has 21 heavy (non-hydrogen) atoms. The first kappa shape index (κ1) is 15.2. The molecule has 0 aliphatic heterocycles. The van der Waals surface area contributed by atoms with Crippen LogP contribution in [0.25, 0.3) is 0 Å². The molecular weight excluding hydrogens is 268 g/mol. The molecule has 0 aliphatic carbocycles. The lowest BCUT2D eigenvalue weighted by Crippen LogP contribution is -2.24. The van der Waals surface area contributed by atoms with E-state index in [0.29, 0.717) is 12.1 Å². The van der Waals surface area contributed by atoms with Gasteiger partial charge >= 0.3 is 0 Å². The number of rotatable bonds is 6. The van der Waals surface area contributed by atoms with Crippen LogP contribution < -0.4 is 5.32 Å². The monoisotopic (exact) mass is 286 g/mol. The van der Waals surface area contributed by atoms with E-state index < -0.39 is 11.0 Å². The van der Waals surface area contributed by atoms with Gasteiger partial charge in [0.15, 0.2) is 0 Å². The molecule has 2 aromatic rings. The van der Waals surface area contributed by atoms with Crippen LogP contribution in [0, 0.1) is 10.1 Å². The van der Waals surface area contributed by atoms with Crippen molar-refractivity contribution in [2.45, 2.75) is 19.1 Å².